The molecule has 0 fully saturated rings. The first-order chi connectivity index (χ1) is 6.77. The largest absolute Gasteiger partial charge is 0.475 e. The van der Waals surface area contributed by atoms with Crippen molar-refractivity contribution in [3.8, 4) is 11.8 Å². The van der Waals surface area contributed by atoms with Crippen LogP contribution in [0.2, 0.25) is 0 Å². The van der Waals surface area contributed by atoms with E-state index in [2.05, 4.69) is 0 Å². The quantitative estimate of drug-likeness (QED) is 0.728. The summed E-state index contributed by atoms with van der Waals surface area (Å²) in [4.78, 5) is 0. The van der Waals surface area contributed by atoms with Crippen LogP contribution in [0.5, 0.6) is 5.75 Å². The topological polar surface area (TPSA) is 33.0 Å². The van der Waals surface area contributed by atoms with Crippen LogP contribution in [0.25, 0.3) is 6.08 Å². The maximum absolute atomic E-state index is 8.62. The number of allylic oxidation sites excluding steroid dienone is 1. The van der Waals surface area contributed by atoms with Gasteiger partial charge >= 0.3 is 0 Å². The van der Waals surface area contributed by atoms with Crippen LogP contribution < -0.4 is 4.74 Å². The van der Waals surface area contributed by atoms with Crippen molar-refractivity contribution in [2.24, 2.45) is 0 Å². The first kappa shape index (κ1) is 10.3. The molecule has 0 spiro atoms. The van der Waals surface area contributed by atoms with Gasteiger partial charge in [-0.15, -0.1) is 0 Å². The van der Waals surface area contributed by atoms with Gasteiger partial charge in [-0.05, 0) is 19.9 Å². The molecule has 2 heteroatoms. The molecule has 1 rings (SSSR count). The molecule has 0 radical (unpaired) electrons. The number of rotatable bonds is 3. The number of hydrogen-bond acceptors (Lipinski definition) is 2. The number of ether oxygens (including phenoxy) is 1. The molecule has 1 atom stereocenters. The van der Waals surface area contributed by atoms with E-state index in [-0.39, 0.29) is 0 Å². The average Bonchev–Trinajstić information content (AvgIpc) is 2.21. The second kappa shape index (κ2) is 5.08. The fourth-order valence-electron chi connectivity index (χ4n) is 1.12. The van der Waals surface area contributed by atoms with Crippen LogP contribution in [0.1, 0.15) is 19.4 Å². The summed E-state index contributed by atoms with van der Waals surface area (Å²) in [5, 5.41) is 8.62. The lowest BCUT2D eigenvalue weighted by Gasteiger charge is -2.09. The standard InChI is InChI=1S/C12H13NO/c1-3-6-11-7-4-5-8-12(11)14-10(2)9-13/h3-8,10H,1-2H3/b6-3+. The van der Waals surface area contributed by atoms with E-state index >= 15 is 0 Å². The number of hydrogen-bond donors (Lipinski definition) is 0. The Labute approximate surface area is 84.4 Å². The van der Waals surface area contributed by atoms with E-state index in [1.54, 1.807) is 6.92 Å². The van der Waals surface area contributed by atoms with Gasteiger partial charge in [0.2, 0.25) is 0 Å². The van der Waals surface area contributed by atoms with Crippen molar-refractivity contribution in [1.82, 2.24) is 0 Å². The van der Waals surface area contributed by atoms with Crippen molar-refractivity contribution < 1.29 is 4.74 Å². The van der Waals surface area contributed by atoms with Crippen molar-refractivity contribution in [3.05, 3.63) is 35.9 Å². The van der Waals surface area contributed by atoms with Gasteiger partial charge < -0.3 is 4.74 Å². The van der Waals surface area contributed by atoms with E-state index in [1.165, 1.54) is 0 Å². The zero-order valence-corrected chi connectivity index (χ0v) is 8.40. The summed E-state index contributed by atoms with van der Waals surface area (Å²) in [7, 11) is 0. The van der Waals surface area contributed by atoms with Crippen molar-refractivity contribution in [2.45, 2.75) is 20.0 Å². The summed E-state index contributed by atoms with van der Waals surface area (Å²) in [6.07, 6.45) is 3.49. The Morgan fingerprint density at radius 3 is 2.79 bits per heavy atom. The molecule has 0 saturated heterocycles. The number of nitrogens with zero attached hydrogens (tertiary/aromatic N) is 1. The van der Waals surface area contributed by atoms with Crippen molar-refractivity contribution in [2.75, 3.05) is 0 Å². The minimum absolute atomic E-state index is 0.415. The third-order valence-corrected chi connectivity index (χ3v) is 1.75. The normalized spacial score (nSPS) is 12.4. The van der Waals surface area contributed by atoms with E-state index < -0.39 is 6.10 Å². The molecule has 1 aromatic rings. The molecule has 2 nitrogen and oxygen atoms in total. The second-order valence-electron chi connectivity index (χ2n) is 2.93. The van der Waals surface area contributed by atoms with Crippen LogP contribution in [0.4, 0.5) is 0 Å². The third kappa shape index (κ3) is 2.63. The van der Waals surface area contributed by atoms with Gasteiger partial charge in [-0.3, -0.25) is 0 Å². The molecule has 0 N–H and O–H groups in total. The molecule has 1 unspecified atom stereocenters. The van der Waals surface area contributed by atoms with E-state index in [4.69, 9.17) is 10.00 Å². The number of benzene rings is 1. The Morgan fingerprint density at radius 2 is 2.14 bits per heavy atom. The van der Waals surface area contributed by atoms with Crippen LogP contribution >= 0.6 is 0 Å². The van der Waals surface area contributed by atoms with E-state index in [0.717, 1.165) is 11.3 Å². The van der Waals surface area contributed by atoms with Crippen LogP contribution in [-0.4, -0.2) is 6.10 Å². The fourth-order valence-corrected chi connectivity index (χ4v) is 1.12. The van der Waals surface area contributed by atoms with Gasteiger partial charge in [0, 0.05) is 5.56 Å². The molecule has 0 heterocycles. The SMILES string of the molecule is C/C=C/c1ccccc1OC(C)C#N. The monoisotopic (exact) mass is 187 g/mol. The highest BCUT2D eigenvalue weighted by Gasteiger charge is 2.03. The summed E-state index contributed by atoms with van der Waals surface area (Å²) in [5.74, 6) is 0.750. The molecule has 0 aliphatic heterocycles. The van der Waals surface area contributed by atoms with Gasteiger partial charge in [0.25, 0.3) is 0 Å². The molecule has 0 aliphatic rings. The third-order valence-electron chi connectivity index (χ3n) is 1.75. The predicted molar refractivity (Wildman–Crippen MR) is 56.9 cm³/mol. The maximum Gasteiger partial charge on any atom is 0.181 e. The van der Waals surface area contributed by atoms with Crippen LogP contribution in [0.3, 0.4) is 0 Å². The van der Waals surface area contributed by atoms with E-state index in [0.29, 0.717) is 0 Å². The predicted octanol–water partition coefficient (Wildman–Crippen LogP) is 3.01. The number of nitriles is 1. The van der Waals surface area contributed by atoms with E-state index in [1.807, 2.05) is 49.4 Å². The first-order valence-corrected chi connectivity index (χ1v) is 4.56. The van der Waals surface area contributed by atoms with Crippen molar-refractivity contribution >= 4 is 6.08 Å². The first-order valence-electron chi connectivity index (χ1n) is 4.56. The maximum atomic E-state index is 8.62. The lowest BCUT2D eigenvalue weighted by molar-refractivity contribution is 0.276. The molecule has 0 amide bonds. The Morgan fingerprint density at radius 1 is 1.43 bits per heavy atom. The van der Waals surface area contributed by atoms with Crippen LogP contribution in [0.15, 0.2) is 30.3 Å². The van der Waals surface area contributed by atoms with Gasteiger partial charge in [0.05, 0.1) is 0 Å². The summed E-state index contributed by atoms with van der Waals surface area (Å²) in [5.41, 5.74) is 0.997. The summed E-state index contributed by atoms with van der Waals surface area (Å²) in [6, 6.07) is 9.70. The summed E-state index contributed by atoms with van der Waals surface area (Å²) in [6.45, 7) is 3.68. The molecule has 1 aromatic carbocycles. The average molecular weight is 187 g/mol. The molecule has 14 heavy (non-hydrogen) atoms. The molecular weight excluding hydrogens is 174 g/mol. The molecular formula is C12H13NO. The minimum Gasteiger partial charge on any atom is -0.475 e. The summed E-state index contributed by atoms with van der Waals surface area (Å²) < 4.78 is 5.43. The Balaban J connectivity index is 2.91. The van der Waals surface area contributed by atoms with Crippen LogP contribution in [-0.2, 0) is 0 Å². The fraction of sp³-hybridized carbons (Fsp3) is 0.250. The highest BCUT2D eigenvalue weighted by atomic mass is 16.5. The van der Waals surface area contributed by atoms with Crippen molar-refractivity contribution in [3.63, 3.8) is 0 Å². The van der Waals surface area contributed by atoms with E-state index in [9.17, 15) is 0 Å². The smallest absolute Gasteiger partial charge is 0.181 e. The Hall–Kier alpha value is -1.75. The molecule has 0 aromatic heterocycles. The number of para-hydroxylation sites is 1. The Bertz CT molecular complexity index is 363. The van der Waals surface area contributed by atoms with Gasteiger partial charge in [0.15, 0.2) is 6.10 Å². The summed E-state index contributed by atoms with van der Waals surface area (Å²) >= 11 is 0. The molecule has 0 aliphatic carbocycles. The Kier molecular flexibility index (Phi) is 3.75. The highest BCUT2D eigenvalue weighted by Crippen LogP contribution is 2.20. The van der Waals surface area contributed by atoms with Crippen molar-refractivity contribution in [1.29, 1.82) is 5.26 Å². The second-order valence-corrected chi connectivity index (χ2v) is 2.93. The molecule has 72 valence electrons. The van der Waals surface area contributed by atoms with Gasteiger partial charge in [-0.2, -0.15) is 5.26 Å². The minimum atomic E-state index is -0.415. The lowest BCUT2D eigenvalue weighted by atomic mass is 10.2. The highest BCUT2D eigenvalue weighted by molar-refractivity contribution is 5.56. The zero-order valence-electron chi connectivity index (χ0n) is 8.40. The lowest BCUT2D eigenvalue weighted by Crippen LogP contribution is -2.08. The van der Waals surface area contributed by atoms with Gasteiger partial charge in [-0.1, -0.05) is 30.4 Å². The van der Waals surface area contributed by atoms with Crippen LogP contribution in [0, 0.1) is 11.3 Å². The molecule has 0 bridgehead atoms. The van der Waals surface area contributed by atoms with Gasteiger partial charge in [-0.25, -0.2) is 0 Å². The molecule has 0 saturated carbocycles. The zero-order chi connectivity index (χ0) is 10.4. The van der Waals surface area contributed by atoms with Gasteiger partial charge in [0.1, 0.15) is 11.8 Å².